The zero-order chi connectivity index (χ0) is 12.8. The topological polar surface area (TPSA) is 32.9 Å². The minimum Gasteiger partial charge on any atom is -0.358 e. The Kier molecular flexibility index (Phi) is 2.74. The fourth-order valence-corrected chi connectivity index (χ4v) is 2.01. The third kappa shape index (κ3) is 2.20. The normalized spacial score (nSPS) is 12.1. The largest absolute Gasteiger partial charge is 0.358 e. The van der Waals surface area contributed by atoms with Crippen LogP contribution in [0.5, 0.6) is 0 Å². The summed E-state index contributed by atoms with van der Waals surface area (Å²) in [7, 11) is 0. The Labute approximate surface area is 103 Å². The molecule has 0 saturated carbocycles. The zero-order valence-corrected chi connectivity index (χ0v) is 10.7. The predicted octanol–water partition coefficient (Wildman–Crippen LogP) is 3.62. The second kappa shape index (κ2) is 3.84. The summed E-state index contributed by atoms with van der Waals surface area (Å²) in [5.41, 5.74) is 0.810. The van der Waals surface area contributed by atoms with E-state index in [0.717, 1.165) is 11.8 Å². The number of aromatic nitrogens is 1. The molecule has 0 atom stereocenters. The van der Waals surface area contributed by atoms with Crippen molar-refractivity contribution in [3.05, 3.63) is 45.0 Å². The third-order valence-electron chi connectivity index (χ3n) is 2.65. The first-order valence-corrected chi connectivity index (χ1v) is 5.69. The van der Waals surface area contributed by atoms with Crippen LogP contribution in [0.1, 0.15) is 26.5 Å². The Morgan fingerprint density at radius 1 is 1.24 bits per heavy atom. The van der Waals surface area contributed by atoms with Gasteiger partial charge in [-0.15, -0.1) is 0 Å². The monoisotopic (exact) mass is 253 g/mol. The highest BCUT2D eigenvalue weighted by Crippen LogP contribution is 2.24. The summed E-state index contributed by atoms with van der Waals surface area (Å²) in [5.74, 6) is -0.454. The van der Waals surface area contributed by atoms with Crippen molar-refractivity contribution < 1.29 is 4.39 Å². The predicted molar refractivity (Wildman–Crippen MR) is 68.2 cm³/mol. The molecule has 0 spiro atoms. The van der Waals surface area contributed by atoms with Gasteiger partial charge in [0.2, 0.25) is 0 Å². The first-order chi connectivity index (χ1) is 7.79. The van der Waals surface area contributed by atoms with Crippen LogP contribution in [0.4, 0.5) is 4.39 Å². The van der Waals surface area contributed by atoms with E-state index in [-0.39, 0.29) is 15.9 Å². The number of rotatable bonds is 0. The van der Waals surface area contributed by atoms with E-state index in [1.54, 1.807) is 0 Å². The van der Waals surface area contributed by atoms with Gasteiger partial charge in [0, 0.05) is 17.2 Å². The number of hydrogen-bond acceptors (Lipinski definition) is 1. The van der Waals surface area contributed by atoms with E-state index < -0.39 is 5.82 Å². The van der Waals surface area contributed by atoms with Crippen LogP contribution in [0.3, 0.4) is 0 Å². The van der Waals surface area contributed by atoms with E-state index in [1.807, 2.05) is 20.8 Å². The van der Waals surface area contributed by atoms with Gasteiger partial charge in [0.15, 0.2) is 5.43 Å². The Morgan fingerprint density at radius 3 is 2.47 bits per heavy atom. The summed E-state index contributed by atoms with van der Waals surface area (Å²) in [6.07, 6.45) is 0. The van der Waals surface area contributed by atoms with Gasteiger partial charge in [-0.2, -0.15) is 0 Å². The summed E-state index contributed by atoms with van der Waals surface area (Å²) in [6.45, 7) is 5.93. The molecule has 4 heteroatoms. The summed E-state index contributed by atoms with van der Waals surface area (Å²) < 4.78 is 13.3. The van der Waals surface area contributed by atoms with Gasteiger partial charge in [-0.05, 0) is 12.1 Å². The summed E-state index contributed by atoms with van der Waals surface area (Å²) >= 11 is 5.87. The molecule has 2 aromatic rings. The quantitative estimate of drug-likeness (QED) is 0.764. The van der Waals surface area contributed by atoms with Gasteiger partial charge in [0.05, 0.1) is 15.9 Å². The van der Waals surface area contributed by atoms with Crippen LogP contribution in [0.15, 0.2) is 23.0 Å². The number of benzene rings is 1. The van der Waals surface area contributed by atoms with Crippen molar-refractivity contribution in [1.29, 1.82) is 0 Å². The van der Waals surface area contributed by atoms with Gasteiger partial charge in [-0.25, -0.2) is 4.39 Å². The Hall–Kier alpha value is -1.35. The second-order valence-electron chi connectivity index (χ2n) is 5.11. The van der Waals surface area contributed by atoms with Gasteiger partial charge in [-0.1, -0.05) is 32.4 Å². The number of nitrogens with one attached hydrogen (secondary N) is 1. The second-order valence-corrected chi connectivity index (χ2v) is 5.51. The molecule has 1 aromatic carbocycles. The number of aromatic amines is 1. The van der Waals surface area contributed by atoms with Crippen LogP contribution < -0.4 is 5.43 Å². The highest BCUT2D eigenvalue weighted by atomic mass is 35.5. The molecule has 2 rings (SSSR count). The summed E-state index contributed by atoms with van der Waals surface area (Å²) in [4.78, 5) is 15.0. The third-order valence-corrected chi connectivity index (χ3v) is 2.95. The standard InChI is InChI=1S/C13H13ClFNO/c1-13(2,3)11-6-10(17)12-8(14)4-7(15)5-9(12)16-11/h4-6H,1-3H3,(H,16,17). The number of pyridine rings is 1. The van der Waals surface area contributed by atoms with E-state index in [9.17, 15) is 9.18 Å². The molecule has 0 fully saturated rings. The van der Waals surface area contributed by atoms with E-state index in [1.165, 1.54) is 12.1 Å². The van der Waals surface area contributed by atoms with Crippen molar-refractivity contribution in [2.45, 2.75) is 26.2 Å². The molecule has 0 radical (unpaired) electrons. The molecular formula is C13H13ClFNO. The summed E-state index contributed by atoms with van der Waals surface area (Å²) in [5, 5.41) is 0.475. The highest BCUT2D eigenvalue weighted by Gasteiger charge is 2.17. The van der Waals surface area contributed by atoms with Gasteiger partial charge >= 0.3 is 0 Å². The highest BCUT2D eigenvalue weighted by molar-refractivity contribution is 6.35. The first kappa shape index (κ1) is 12.1. The van der Waals surface area contributed by atoms with E-state index in [4.69, 9.17) is 11.6 Å². The van der Waals surface area contributed by atoms with Crippen LogP contribution in [-0.4, -0.2) is 4.98 Å². The van der Waals surface area contributed by atoms with Crippen molar-refractivity contribution in [1.82, 2.24) is 4.98 Å². The maximum absolute atomic E-state index is 13.3. The molecule has 1 N–H and O–H groups in total. The molecule has 1 heterocycles. The lowest BCUT2D eigenvalue weighted by Gasteiger charge is -2.19. The van der Waals surface area contributed by atoms with Gasteiger partial charge in [0.25, 0.3) is 0 Å². The van der Waals surface area contributed by atoms with Crippen molar-refractivity contribution >= 4 is 22.5 Å². The molecule has 0 saturated heterocycles. The van der Waals surface area contributed by atoms with Crippen LogP contribution >= 0.6 is 11.6 Å². The van der Waals surface area contributed by atoms with E-state index >= 15 is 0 Å². The SMILES string of the molecule is CC(C)(C)c1cc(=O)c2c(Cl)cc(F)cc2[nH]1. The smallest absolute Gasteiger partial charge is 0.191 e. The van der Waals surface area contributed by atoms with Crippen molar-refractivity contribution in [2.75, 3.05) is 0 Å². The van der Waals surface area contributed by atoms with Crippen molar-refractivity contribution in [3.8, 4) is 0 Å². The van der Waals surface area contributed by atoms with Crippen LogP contribution in [-0.2, 0) is 5.41 Å². The number of H-pyrrole nitrogens is 1. The average Bonchev–Trinajstić information content (AvgIpc) is 2.13. The molecule has 0 unspecified atom stereocenters. The lowest BCUT2D eigenvalue weighted by atomic mass is 9.91. The molecule has 0 aliphatic carbocycles. The molecule has 90 valence electrons. The molecule has 0 amide bonds. The average molecular weight is 254 g/mol. The minimum atomic E-state index is -0.454. The zero-order valence-electron chi connectivity index (χ0n) is 9.90. The number of hydrogen-bond donors (Lipinski definition) is 1. The van der Waals surface area contributed by atoms with Crippen LogP contribution in [0, 0.1) is 5.82 Å². The van der Waals surface area contributed by atoms with E-state index in [2.05, 4.69) is 4.98 Å². The van der Waals surface area contributed by atoms with Crippen LogP contribution in [0.25, 0.3) is 10.9 Å². The first-order valence-electron chi connectivity index (χ1n) is 5.31. The molecular weight excluding hydrogens is 241 g/mol. The van der Waals surface area contributed by atoms with Crippen molar-refractivity contribution in [2.24, 2.45) is 0 Å². The maximum Gasteiger partial charge on any atom is 0.191 e. The Morgan fingerprint density at radius 2 is 1.88 bits per heavy atom. The molecule has 2 nitrogen and oxygen atoms in total. The molecule has 0 aliphatic heterocycles. The van der Waals surface area contributed by atoms with Crippen LogP contribution in [0.2, 0.25) is 5.02 Å². The van der Waals surface area contributed by atoms with Gasteiger partial charge in [-0.3, -0.25) is 4.79 Å². The lowest BCUT2D eigenvalue weighted by Crippen LogP contribution is -2.17. The Balaban J connectivity index is 2.87. The van der Waals surface area contributed by atoms with Gasteiger partial charge < -0.3 is 4.98 Å². The molecule has 0 aliphatic rings. The molecule has 17 heavy (non-hydrogen) atoms. The van der Waals surface area contributed by atoms with Crippen molar-refractivity contribution in [3.63, 3.8) is 0 Å². The lowest BCUT2D eigenvalue weighted by molar-refractivity contribution is 0.570. The number of fused-ring (bicyclic) bond motifs is 1. The Bertz CT molecular complexity index is 640. The van der Waals surface area contributed by atoms with Gasteiger partial charge in [0.1, 0.15) is 5.82 Å². The molecule has 1 aromatic heterocycles. The minimum absolute atomic E-state index is 0.140. The van der Waals surface area contributed by atoms with E-state index in [0.29, 0.717) is 10.9 Å². The molecule has 0 bridgehead atoms. The fourth-order valence-electron chi connectivity index (χ4n) is 1.71. The summed E-state index contributed by atoms with van der Waals surface area (Å²) in [6, 6.07) is 3.96. The maximum atomic E-state index is 13.3. The fraction of sp³-hybridized carbons (Fsp3) is 0.308. The number of halogens is 2.